The predicted molar refractivity (Wildman–Crippen MR) is 134 cm³/mol. The van der Waals surface area contributed by atoms with E-state index in [1.54, 1.807) is 12.4 Å². The van der Waals surface area contributed by atoms with Crippen LogP contribution in [0.25, 0.3) is 0 Å². The number of rotatable bonds is 7. The Morgan fingerprint density at radius 1 is 0.882 bits per heavy atom. The van der Waals surface area contributed by atoms with Gasteiger partial charge in [0.2, 0.25) is 5.43 Å². The van der Waals surface area contributed by atoms with Gasteiger partial charge in [-0.2, -0.15) is 0 Å². The number of nitrogens with zero attached hydrogens (tertiary/aromatic N) is 3. The van der Waals surface area contributed by atoms with Crippen molar-refractivity contribution in [1.29, 1.82) is 0 Å². The van der Waals surface area contributed by atoms with Crippen molar-refractivity contribution in [2.24, 2.45) is 5.92 Å². The number of hydrogen-bond acceptors (Lipinski definition) is 4. The van der Waals surface area contributed by atoms with Crippen LogP contribution < -0.4 is 10.7 Å². The van der Waals surface area contributed by atoms with E-state index in [9.17, 15) is 14.4 Å². The zero-order chi connectivity index (χ0) is 24.1. The largest absolute Gasteiger partial charge is 0.352 e. The molecule has 2 saturated heterocycles. The molecule has 3 fully saturated rings. The van der Waals surface area contributed by atoms with Crippen molar-refractivity contribution in [2.45, 2.75) is 90.1 Å². The van der Waals surface area contributed by atoms with Gasteiger partial charge in [0.1, 0.15) is 11.1 Å². The number of nitrogens with one attached hydrogen (secondary N) is 1. The van der Waals surface area contributed by atoms with Gasteiger partial charge in [0, 0.05) is 44.1 Å². The first-order chi connectivity index (χ1) is 16.4. The van der Waals surface area contributed by atoms with Gasteiger partial charge < -0.3 is 19.7 Å². The molecule has 7 nitrogen and oxygen atoms in total. The van der Waals surface area contributed by atoms with Crippen molar-refractivity contribution in [2.75, 3.05) is 32.7 Å². The van der Waals surface area contributed by atoms with E-state index in [4.69, 9.17) is 0 Å². The highest BCUT2D eigenvalue weighted by Crippen LogP contribution is 2.29. The molecule has 4 rings (SSSR count). The molecule has 1 aliphatic carbocycles. The summed E-state index contributed by atoms with van der Waals surface area (Å²) in [5, 5.41) is 2.89. The van der Waals surface area contributed by atoms with Crippen molar-refractivity contribution in [3.05, 3.63) is 33.7 Å². The average molecular weight is 471 g/mol. The fourth-order valence-corrected chi connectivity index (χ4v) is 5.78. The molecule has 0 spiro atoms. The molecule has 2 aliphatic heterocycles. The maximum atomic E-state index is 13.5. The van der Waals surface area contributed by atoms with Crippen LogP contribution in [0.4, 0.5) is 0 Å². The number of hydrogen-bond donors (Lipinski definition) is 1. The number of carbonyl (C=O) groups excluding carboxylic acids is 2. The second kappa shape index (κ2) is 11.5. The van der Waals surface area contributed by atoms with E-state index in [2.05, 4.69) is 24.1 Å². The van der Waals surface area contributed by atoms with E-state index < -0.39 is 5.43 Å². The second-order valence-corrected chi connectivity index (χ2v) is 10.9. The number of likely N-dealkylation sites (tertiary alicyclic amines) is 2. The Morgan fingerprint density at radius 3 is 2.18 bits per heavy atom. The summed E-state index contributed by atoms with van der Waals surface area (Å²) >= 11 is 0. The Morgan fingerprint density at radius 2 is 1.53 bits per heavy atom. The molecule has 188 valence electrons. The molecule has 0 bridgehead atoms. The molecule has 34 heavy (non-hydrogen) atoms. The number of piperidine rings is 2. The maximum absolute atomic E-state index is 13.5. The van der Waals surface area contributed by atoms with Crippen molar-refractivity contribution in [3.63, 3.8) is 0 Å². The van der Waals surface area contributed by atoms with Crippen molar-refractivity contribution in [1.82, 2.24) is 19.7 Å². The average Bonchev–Trinajstić information content (AvgIpc) is 3.39. The Balaban J connectivity index is 1.51. The summed E-state index contributed by atoms with van der Waals surface area (Å²) in [4.78, 5) is 44.2. The molecule has 1 N–H and O–H groups in total. The Hall–Kier alpha value is -2.15. The maximum Gasteiger partial charge on any atom is 0.259 e. The van der Waals surface area contributed by atoms with E-state index in [-0.39, 0.29) is 29.0 Å². The zero-order valence-corrected chi connectivity index (χ0v) is 21.1. The fraction of sp³-hybridized carbons (Fsp3) is 0.741. The Kier molecular flexibility index (Phi) is 8.46. The summed E-state index contributed by atoms with van der Waals surface area (Å²) in [6.45, 7) is 8.42. The normalized spacial score (nSPS) is 20.7. The van der Waals surface area contributed by atoms with Crippen molar-refractivity contribution in [3.8, 4) is 0 Å². The molecule has 0 unspecified atom stereocenters. The highest BCUT2D eigenvalue weighted by atomic mass is 16.2. The van der Waals surface area contributed by atoms with Crippen LogP contribution in [0, 0.1) is 5.92 Å². The third-order valence-corrected chi connectivity index (χ3v) is 7.93. The second-order valence-electron chi connectivity index (χ2n) is 10.9. The van der Waals surface area contributed by atoms with E-state index in [1.807, 2.05) is 9.47 Å². The lowest BCUT2D eigenvalue weighted by atomic mass is 9.99. The van der Waals surface area contributed by atoms with Gasteiger partial charge in [-0.1, -0.05) is 33.1 Å². The van der Waals surface area contributed by atoms with Crippen molar-refractivity contribution < 1.29 is 9.59 Å². The van der Waals surface area contributed by atoms with Crippen LogP contribution in [-0.4, -0.2) is 64.9 Å². The van der Waals surface area contributed by atoms with E-state index in [0.29, 0.717) is 31.6 Å². The molecule has 3 heterocycles. The molecule has 1 aromatic rings. The lowest BCUT2D eigenvalue weighted by Crippen LogP contribution is -2.49. The zero-order valence-electron chi connectivity index (χ0n) is 21.1. The molecule has 0 aromatic carbocycles. The quantitative estimate of drug-likeness (QED) is 0.657. The lowest BCUT2D eigenvalue weighted by molar-refractivity contribution is 0.0588. The van der Waals surface area contributed by atoms with Gasteiger partial charge in [-0.3, -0.25) is 14.4 Å². The van der Waals surface area contributed by atoms with Gasteiger partial charge >= 0.3 is 0 Å². The Bertz CT molecular complexity index is 905. The Labute approximate surface area is 203 Å². The minimum atomic E-state index is -0.431. The molecule has 0 radical (unpaired) electrons. The van der Waals surface area contributed by atoms with Gasteiger partial charge in [-0.25, -0.2) is 0 Å². The monoisotopic (exact) mass is 470 g/mol. The highest BCUT2D eigenvalue weighted by Gasteiger charge is 2.30. The van der Waals surface area contributed by atoms with Gasteiger partial charge in [0.15, 0.2) is 0 Å². The first kappa shape index (κ1) is 25.0. The third-order valence-electron chi connectivity index (χ3n) is 7.93. The molecule has 0 atom stereocenters. The molecular weight excluding hydrogens is 428 g/mol. The lowest BCUT2D eigenvalue weighted by Gasteiger charge is -2.40. The summed E-state index contributed by atoms with van der Waals surface area (Å²) in [5.41, 5.74) is -0.177. The summed E-state index contributed by atoms with van der Waals surface area (Å²) < 4.78 is 1.97. The van der Waals surface area contributed by atoms with E-state index in [0.717, 1.165) is 44.9 Å². The third kappa shape index (κ3) is 5.91. The van der Waals surface area contributed by atoms with Crippen molar-refractivity contribution >= 4 is 11.8 Å². The van der Waals surface area contributed by atoms with Crippen LogP contribution in [0.1, 0.15) is 105 Å². The molecule has 7 heteroatoms. The van der Waals surface area contributed by atoms with Gasteiger partial charge in [-0.15, -0.1) is 0 Å². The first-order valence-electron chi connectivity index (χ1n) is 13.5. The summed E-state index contributed by atoms with van der Waals surface area (Å²) in [6.07, 6.45) is 14.4. The van der Waals surface area contributed by atoms with Crippen LogP contribution in [0.2, 0.25) is 0 Å². The van der Waals surface area contributed by atoms with Crippen LogP contribution in [0.5, 0.6) is 0 Å². The molecule has 3 aliphatic rings. The molecule has 2 amide bonds. The molecule has 1 saturated carbocycles. The summed E-state index contributed by atoms with van der Waals surface area (Å²) in [6, 6.07) is 0.789. The topological polar surface area (TPSA) is 74.7 Å². The number of pyridine rings is 1. The van der Waals surface area contributed by atoms with Gasteiger partial charge in [0.25, 0.3) is 11.8 Å². The van der Waals surface area contributed by atoms with Crippen LogP contribution >= 0.6 is 0 Å². The van der Waals surface area contributed by atoms with Crippen LogP contribution in [-0.2, 0) is 0 Å². The predicted octanol–water partition coefficient (Wildman–Crippen LogP) is 3.83. The first-order valence-corrected chi connectivity index (χ1v) is 13.5. The SMILES string of the molecule is CC(C)CCNC(=O)c1cn(C2CCCC2)cc(C(=O)N2CCC(N3CCCCC3)CC2)c1=O. The number of aromatic nitrogens is 1. The summed E-state index contributed by atoms with van der Waals surface area (Å²) in [7, 11) is 0. The van der Waals surface area contributed by atoms with Crippen LogP contribution in [0.3, 0.4) is 0 Å². The minimum Gasteiger partial charge on any atom is -0.352 e. The molecule has 1 aromatic heterocycles. The van der Waals surface area contributed by atoms with Gasteiger partial charge in [0.05, 0.1) is 0 Å². The highest BCUT2D eigenvalue weighted by molar-refractivity contribution is 5.99. The van der Waals surface area contributed by atoms with E-state index >= 15 is 0 Å². The summed E-state index contributed by atoms with van der Waals surface area (Å²) in [5.74, 6) is -0.113. The van der Waals surface area contributed by atoms with E-state index in [1.165, 1.54) is 32.4 Å². The standard InChI is InChI=1S/C27H42N4O3/c1-20(2)10-13-28-26(33)23-18-31(21-8-4-5-9-21)19-24(25(23)32)27(34)30-16-11-22(12-17-30)29-14-6-3-7-15-29/h18-22H,3-17H2,1-2H3,(H,28,33). The smallest absolute Gasteiger partial charge is 0.259 e. The van der Waals surface area contributed by atoms with Gasteiger partial charge in [-0.05, 0) is 64.0 Å². The van der Waals surface area contributed by atoms with Crippen LogP contribution in [0.15, 0.2) is 17.2 Å². The fourth-order valence-electron chi connectivity index (χ4n) is 5.78. The number of amides is 2. The number of carbonyl (C=O) groups is 2. The minimum absolute atomic E-state index is 0.102. The molecular formula is C27H42N4O3.